The van der Waals surface area contributed by atoms with Gasteiger partial charge in [0, 0.05) is 40.3 Å². The van der Waals surface area contributed by atoms with Crippen LogP contribution < -0.4 is 15.4 Å². The van der Waals surface area contributed by atoms with Gasteiger partial charge < -0.3 is 15.4 Å². The van der Waals surface area contributed by atoms with E-state index in [2.05, 4.69) is 4.90 Å². The van der Waals surface area contributed by atoms with Crippen LogP contribution in [0.25, 0.3) is 10.4 Å². The Balaban J connectivity index is 1.78. The van der Waals surface area contributed by atoms with Crippen molar-refractivity contribution in [3.05, 3.63) is 101 Å². The van der Waals surface area contributed by atoms with Crippen LogP contribution in [-0.4, -0.2) is 19.9 Å². The summed E-state index contributed by atoms with van der Waals surface area (Å²) in [5.74, 6) is 0.696. The summed E-state index contributed by atoms with van der Waals surface area (Å²) in [4.78, 5) is 16.6. The Labute approximate surface area is 196 Å². The lowest BCUT2D eigenvalue weighted by molar-refractivity contribution is 0.103. The van der Waals surface area contributed by atoms with Crippen molar-refractivity contribution < 1.29 is 9.53 Å². The van der Waals surface area contributed by atoms with Crippen molar-refractivity contribution in [1.29, 1.82) is 0 Å². The average Bonchev–Trinajstić information content (AvgIpc) is 3.15. The number of halogens is 1. The molecule has 0 aliphatic carbocycles. The number of ketones is 1. The number of methoxy groups -OCH3 is 1. The quantitative estimate of drug-likeness (QED) is 0.317. The summed E-state index contributed by atoms with van der Waals surface area (Å²) < 4.78 is 5.27. The van der Waals surface area contributed by atoms with Crippen LogP contribution in [0.15, 0.2) is 78.9 Å². The fraction of sp³-hybridized carbons (Fsp3) is 0.115. The molecule has 4 aromatic rings. The van der Waals surface area contributed by atoms with Crippen LogP contribution in [0.3, 0.4) is 0 Å². The van der Waals surface area contributed by atoms with E-state index < -0.39 is 0 Å². The van der Waals surface area contributed by atoms with Crippen LogP contribution in [0.2, 0.25) is 5.02 Å². The minimum Gasteiger partial charge on any atom is -0.497 e. The molecule has 32 heavy (non-hydrogen) atoms. The Hall–Kier alpha value is -3.28. The Kier molecular flexibility index (Phi) is 6.49. The van der Waals surface area contributed by atoms with E-state index in [0.717, 1.165) is 27.4 Å². The summed E-state index contributed by atoms with van der Waals surface area (Å²) in [7, 11) is 3.65. The van der Waals surface area contributed by atoms with E-state index in [9.17, 15) is 4.79 Å². The zero-order valence-electron chi connectivity index (χ0n) is 17.8. The number of benzene rings is 3. The number of carbonyl (C=O) groups excluding carboxylic acids is 1. The molecule has 0 spiro atoms. The van der Waals surface area contributed by atoms with Crippen molar-refractivity contribution in [2.24, 2.45) is 0 Å². The highest BCUT2D eigenvalue weighted by atomic mass is 35.5. The van der Waals surface area contributed by atoms with Crippen molar-refractivity contribution in [3.63, 3.8) is 0 Å². The van der Waals surface area contributed by atoms with Crippen LogP contribution in [-0.2, 0) is 6.54 Å². The van der Waals surface area contributed by atoms with Crippen LogP contribution in [0, 0.1) is 0 Å². The van der Waals surface area contributed by atoms with Crippen molar-refractivity contribution in [3.8, 4) is 16.2 Å². The smallest absolute Gasteiger partial charge is 0.196 e. The largest absolute Gasteiger partial charge is 0.497 e. The van der Waals surface area contributed by atoms with Gasteiger partial charge in [-0.05, 0) is 54.1 Å². The van der Waals surface area contributed by atoms with Gasteiger partial charge in [0.15, 0.2) is 5.78 Å². The first-order valence-electron chi connectivity index (χ1n) is 10.1. The molecule has 0 aliphatic heterocycles. The number of hydrogen-bond acceptors (Lipinski definition) is 5. The van der Waals surface area contributed by atoms with Gasteiger partial charge in [0.1, 0.15) is 5.75 Å². The van der Waals surface area contributed by atoms with Gasteiger partial charge >= 0.3 is 0 Å². The SMILES string of the molecule is COc1ccc(N(C)Cc2c(-c3ccccc3)sc(N)c2C(=O)c2ccc(Cl)cc2)cc1. The summed E-state index contributed by atoms with van der Waals surface area (Å²) >= 11 is 7.47. The molecule has 0 aliphatic rings. The van der Waals surface area contributed by atoms with Crippen LogP contribution in [0.1, 0.15) is 21.5 Å². The molecule has 4 nitrogen and oxygen atoms in total. The third-order valence-electron chi connectivity index (χ3n) is 5.31. The predicted molar refractivity (Wildman–Crippen MR) is 134 cm³/mol. The van der Waals surface area contributed by atoms with Gasteiger partial charge in [-0.3, -0.25) is 4.79 Å². The van der Waals surface area contributed by atoms with E-state index in [4.69, 9.17) is 22.1 Å². The minimum atomic E-state index is -0.101. The molecule has 4 rings (SSSR count). The second-order valence-electron chi connectivity index (χ2n) is 7.41. The number of nitrogens with two attached hydrogens (primary N) is 1. The molecule has 1 aromatic heterocycles. The molecular formula is C26H23ClN2O2S. The van der Waals surface area contributed by atoms with E-state index in [1.165, 1.54) is 11.3 Å². The number of anilines is 2. The Bertz CT molecular complexity index is 1220. The maximum atomic E-state index is 13.5. The molecule has 0 radical (unpaired) electrons. The maximum absolute atomic E-state index is 13.5. The van der Waals surface area contributed by atoms with E-state index >= 15 is 0 Å². The Morgan fingerprint density at radius 1 is 1.00 bits per heavy atom. The first-order valence-corrected chi connectivity index (χ1v) is 11.3. The third kappa shape index (κ3) is 4.49. The van der Waals surface area contributed by atoms with Crippen LogP contribution >= 0.6 is 22.9 Å². The van der Waals surface area contributed by atoms with Gasteiger partial charge in [0.25, 0.3) is 0 Å². The second kappa shape index (κ2) is 9.47. The molecule has 0 bridgehead atoms. The molecule has 0 amide bonds. The predicted octanol–water partition coefficient (Wildman–Crippen LogP) is 6.53. The summed E-state index contributed by atoms with van der Waals surface area (Å²) in [6.45, 7) is 0.527. The van der Waals surface area contributed by atoms with E-state index in [-0.39, 0.29) is 5.78 Å². The molecule has 162 valence electrons. The molecule has 2 N–H and O–H groups in total. The van der Waals surface area contributed by atoms with Gasteiger partial charge in [-0.2, -0.15) is 0 Å². The molecule has 3 aromatic carbocycles. The standard InChI is InChI=1S/C26H23ClN2O2S/c1-29(20-12-14-21(31-2)15-13-20)16-22-23(24(30)17-8-10-19(27)11-9-17)26(28)32-25(22)18-6-4-3-5-7-18/h3-15H,16,28H2,1-2H3. The van der Waals surface area contributed by atoms with Gasteiger partial charge in [-0.25, -0.2) is 0 Å². The topological polar surface area (TPSA) is 55.6 Å². The number of nitrogen functional groups attached to an aromatic ring is 1. The van der Waals surface area contributed by atoms with E-state index in [1.807, 2.05) is 61.6 Å². The fourth-order valence-electron chi connectivity index (χ4n) is 3.62. The lowest BCUT2D eigenvalue weighted by atomic mass is 9.97. The Morgan fingerprint density at radius 2 is 1.66 bits per heavy atom. The van der Waals surface area contributed by atoms with E-state index in [0.29, 0.717) is 27.7 Å². The van der Waals surface area contributed by atoms with Crippen LogP contribution in [0.5, 0.6) is 5.75 Å². The molecule has 6 heteroatoms. The van der Waals surface area contributed by atoms with E-state index in [1.54, 1.807) is 31.4 Å². The van der Waals surface area contributed by atoms with Gasteiger partial charge in [0.2, 0.25) is 0 Å². The number of carbonyl (C=O) groups is 1. The number of hydrogen-bond donors (Lipinski definition) is 1. The maximum Gasteiger partial charge on any atom is 0.196 e. The lowest BCUT2D eigenvalue weighted by Crippen LogP contribution is -2.19. The Morgan fingerprint density at radius 3 is 2.28 bits per heavy atom. The second-order valence-corrected chi connectivity index (χ2v) is 8.89. The molecule has 1 heterocycles. The molecule has 0 saturated heterocycles. The summed E-state index contributed by atoms with van der Waals surface area (Å²) in [6, 6.07) is 24.8. The summed E-state index contributed by atoms with van der Waals surface area (Å²) in [5, 5.41) is 1.10. The zero-order chi connectivity index (χ0) is 22.7. The molecule has 0 unspecified atom stereocenters. The summed E-state index contributed by atoms with van der Waals surface area (Å²) in [6.07, 6.45) is 0. The van der Waals surface area contributed by atoms with Crippen molar-refractivity contribution in [1.82, 2.24) is 0 Å². The van der Waals surface area contributed by atoms with Crippen molar-refractivity contribution in [2.75, 3.05) is 24.8 Å². The molecule has 0 atom stereocenters. The third-order valence-corrected chi connectivity index (χ3v) is 6.67. The highest BCUT2D eigenvalue weighted by Gasteiger charge is 2.25. The first-order chi connectivity index (χ1) is 15.5. The molecule has 0 fully saturated rings. The number of thiophene rings is 1. The van der Waals surface area contributed by atoms with Crippen molar-refractivity contribution >= 4 is 39.4 Å². The molecular weight excluding hydrogens is 440 g/mol. The van der Waals surface area contributed by atoms with Gasteiger partial charge in [0.05, 0.1) is 17.7 Å². The average molecular weight is 463 g/mol. The van der Waals surface area contributed by atoms with Gasteiger partial charge in [-0.1, -0.05) is 41.9 Å². The number of ether oxygens (including phenoxy) is 1. The number of nitrogens with zero attached hydrogens (tertiary/aromatic N) is 1. The first kappa shape index (κ1) is 21.9. The summed E-state index contributed by atoms with van der Waals surface area (Å²) in [5.41, 5.74) is 10.5. The lowest BCUT2D eigenvalue weighted by Gasteiger charge is -2.21. The van der Waals surface area contributed by atoms with Gasteiger partial charge in [-0.15, -0.1) is 11.3 Å². The monoisotopic (exact) mass is 462 g/mol. The highest BCUT2D eigenvalue weighted by molar-refractivity contribution is 7.20. The van der Waals surface area contributed by atoms with Crippen LogP contribution in [0.4, 0.5) is 10.7 Å². The van der Waals surface area contributed by atoms with Crippen molar-refractivity contribution in [2.45, 2.75) is 6.54 Å². The molecule has 0 saturated carbocycles. The highest BCUT2D eigenvalue weighted by Crippen LogP contribution is 2.41. The minimum absolute atomic E-state index is 0.101. The fourth-order valence-corrected chi connectivity index (χ4v) is 4.83. The number of rotatable bonds is 7. The zero-order valence-corrected chi connectivity index (χ0v) is 19.4. The normalized spacial score (nSPS) is 10.7.